The Balaban J connectivity index is 2.09. The summed E-state index contributed by atoms with van der Waals surface area (Å²) in [6, 6.07) is -0.0901. The van der Waals surface area contributed by atoms with Crippen LogP contribution in [-0.2, 0) is 0 Å². The molecule has 96 valence electrons. The van der Waals surface area contributed by atoms with Gasteiger partial charge < -0.3 is 5.11 Å². The van der Waals surface area contributed by atoms with Crippen molar-refractivity contribution in [3.05, 3.63) is 44.8 Å². The molecule has 5 heteroatoms. The molecule has 0 radical (unpaired) electrons. The first kappa shape index (κ1) is 11.5. The Morgan fingerprint density at radius 1 is 1.56 bits per heavy atom. The Kier molecular flexibility index (Phi) is 2.06. The van der Waals surface area contributed by atoms with Crippen molar-refractivity contribution in [1.82, 2.24) is 9.55 Å². The van der Waals surface area contributed by atoms with E-state index in [0.717, 1.165) is 6.42 Å². The van der Waals surface area contributed by atoms with Crippen LogP contribution in [0.3, 0.4) is 0 Å². The van der Waals surface area contributed by atoms with Crippen LogP contribution in [0.5, 0.6) is 0 Å². The number of hydrogen-bond donors (Lipinski definition) is 2. The van der Waals surface area contributed by atoms with Crippen molar-refractivity contribution in [3.8, 4) is 0 Å². The topological polar surface area (TPSA) is 75.1 Å². The van der Waals surface area contributed by atoms with Gasteiger partial charge in [0.15, 0.2) is 0 Å². The molecule has 2 aliphatic carbocycles. The summed E-state index contributed by atoms with van der Waals surface area (Å²) in [6.45, 7) is 3.86. The maximum atomic E-state index is 11.9. The van der Waals surface area contributed by atoms with Gasteiger partial charge in [-0.05, 0) is 13.3 Å². The predicted molar refractivity (Wildman–Crippen MR) is 66.5 cm³/mol. The number of nitrogens with zero attached hydrogens (tertiary/aromatic N) is 1. The van der Waals surface area contributed by atoms with Crippen molar-refractivity contribution in [2.45, 2.75) is 26.3 Å². The standard InChI is InChI=1S/C13H16N2O3/c1-8-5-15(11(18)14-10(8)17)9-3-4-13(7-16)6-12(9,13)2/h3-5,9,16H,6-7H2,1-2H3,(H,14,17,18)/t9-,12?,13-/m1/s1. The van der Waals surface area contributed by atoms with E-state index >= 15 is 0 Å². The van der Waals surface area contributed by atoms with Gasteiger partial charge in [-0.2, -0.15) is 0 Å². The lowest BCUT2D eigenvalue weighted by molar-refractivity contribution is 0.203. The number of nitrogens with one attached hydrogen (secondary N) is 1. The lowest BCUT2D eigenvalue weighted by Gasteiger charge is -2.22. The van der Waals surface area contributed by atoms with Crippen molar-refractivity contribution in [1.29, 1.82) is 0 Å². The van der Waals surface area contributed by atoms with Gasteiger partial charge >= 0.3 is 5.69 Å². The van der Waals surface area contributed by atoms with Crippen LogP contribution in [0.1, 0.15) is 24.9 Å². The van der Waals surface area contributed by atoms with E-state index < -0.39 is 0 Å². The minimum absolute atomic E-state index is 0.0901. The van der Waals surface area contributed by atoms with Crippen LogP contribution in [0.25, 0.3) is 0 Å². The lowest BCUT2D eigenvalue weighted by atomic mass is 9.95. The van der Waals surface area contributed by atoms with Gasteiger partial charge in [0.1, 0.15) is 0 Å². The summed E-state index contributed by atoms with van der Waals surface area (Å²) in [6.07, 6.45) is 6.44. The zero-order chi connectivity index (χ0) is 13.1. The zero-order valence-electron chi connectivity index (χ0n) is 10.4. The van der Waals surface area contributed by atoms with Gasteiger partial charge in [-0.15, -0.1) is 0 Å². The predicted octanol–water partition coefficient (Wildman–Crippen LogP) is 0.345. The van der Waals surface area contributed by atoms with E-state index in [-0.39, 0.29) is 34.7 Å². The minimum Gasteiger partial charge on any atom is -0.395 e. The number of aliphatic hydroxyl groups excluding tert-OH is 1. The van der Waals surface area contributed by atoms with Gasteiger partial charge in [-0.25, -0.2) is 4.79 Å². The molecule has 0 spiro atoms. The number of fused-ring (bicyclic) bond motifs is 1. The van der Waals surface area contributed by atoms with E-state index in [2.05, 4.69) is 11.9 Å². The SMILES string of the molecule is Cc1cn([C@@H]2C=C[C@]3(CO)CC23C)c(=O)[nH]c1=O. The third kappa shape index (κ3) is 1.20. The van der Waals surface area contributed by atoms with Gasteiger partial charge in [-0.1, -0.05) is 19.1 Å². The van der Waals surface area contributed by atoms with Crippen molar-refractivity contribution < 1.29 is 5.11 Å². The van der Waals surface area contributed by atoms with Crippen LogP contribution in [0.2, 0.25) is 0 Å². The van der Waals surface area contributed by atoms with Gasteiger partial charge in [0.25, 0.3) is 5.56 Å². The van der Waals surface area contributed by atoms with E-state index in [1.807, 2.05) is 12.2 Å². The number of rotatable bonds is 2. The molecule has 1 fully saturated rings. The molecular formula is C13H16N2O3. The zero-order valence-corrected chi connectivity index (χ0v) is 10.4. The number of aliphatic hydroxyl groups is 1. The Morgan fingerprint density at radius 2 is 2.28 bits per heavy atom. The molecule has 5 nitrogen and oxygen atoms in total. The van der Waals surface area contributed by atoms with E-state index in [1.54, 1.807) is 17.7 Å². The number of hydrogen-bond acceptors (Lipinski definition) is 3. The molecule has 1 aromatic heterocycles. The molecule has 0 amide bonds. The van der Waals surface area contributed by atoms with Gasteiger partial charge in [-0.3, -0.25) is 14.3 Å². The molecular weight excluding hydrogens is 232 g/mol. The maximum Gasteiger partial charge on any atom is 0.328 e. The number of allylic oxidation sites excluding steroid dienone is 1. The van der Waals surface area contributed by atoms with Gasteiger partial charge in [0.05, 0.1) is 12.6 Å². The number of aryl methyl sites for hydroxylation is 1. The molecule has 3 atom stereocenters. The van der Waals surface area contributed by atoms with Crippen LogP contribution in [0.4, 0.5) is 0 Å². The highest BCUT2D eigenvalue weighted by Crippen LogP contribution is 2.73. The average molecular weight is 248 g/mol. The van der Waals surface area contributed by atoms with Crippen molar-refractivity contribution >= 4 is 0 Å². The highest BCUT2D eigenvalue weighted by Gasteiger charge is 2.69. The first-order chi connectivity index (χ1) is 8.43. The number of aromatic nitrogens is 2. The summed E-state index contributed by atoms with van der Waals surface area (Å²) in [5.41, 5.74) is -0.499. The van der Waals surface area contributed by atoms with Crippen LogP contribution < -0.4 is 11.2 Å². The van der Waals surface area contributed by atoms with E-state index in [4.69, 9.17) is 0 Å². The summed E-state index contributed by atoms with van der Waals surface area (Å²) in [5, 5.41) is 9.47. The molecule has 2 aliphatic rings. The fraction of sp³-hybridized carbons (Fsp3) is 0.538. The summed E-state index contributed by atoms with van der Waals surface area (Å²) in [7, 11) is 0. The molecule has 18 heavy (non-hydrogen) atoms. The molecule has 0 saturated heterocycles. The fourth-order valence-corrected chi connectivity index (χ4v) is 3.23. The van der Waals surface area contributed by atoms with Crippen LogP contribution >= 0.6 is 0 Å². The smallest absolute Gasteiger partial charge is 0.328 e. The van der Waals surface area contributed by atoms with Crippen LogP contribution in [0.15, 0.2) is 27.9 Å². The molecule has 0 aromatic carbocycles. The maximum absolute atomic E-state index is 11.9. The fourth-order valence-electron chi connectivity index (χ4n) is 3.23. The monoisotopic (exact) mass is 248 g/mol. The summed E-state index contributed by atoms with van der Waals surface area (Å²) < 4.78 is 1.57. The lowest BCUT2D eigenvalue weighted by Crippen LogP contribution is -2.35. The summed E-state index contributed by atoms with van der Waals surface area (Å²) in [5.74, 6) is 0. The minimum atomic E-state index is -0.387. The molecule has 2 N–H and O–H groups in total. The first-order valence-electron chi connectivity index (χ1n) is 6.06. The number of aromatic amines is 1. The molecule has 1 unspecified atom stereocenters. The van der Waals surface area contributed by atoms with Crippen molar-refractivity contribution in [2.24, 2.45) is 10.8 Å². The third-order valence-corrected chi connectivity index (χ3v) is 4.67. The van der Waals surface area contributed by atoms with E-state index in [9.17, 15) is 14.7 Å². The van der Waals surface area contributed by atoms with Crippen molar-refractivity contribution in [3.63, 3.8) is 0 Å². The Hall–Kier alpha value is -1.62. The van der Waals surface area contributed by atoms with Crippen LogP contribution in [0, 0.1) is 17.8 Å². The first-order valence-corrected chi connectivity index (χ1v) is 6.06. The average Bonchev–Trinajstić information content (AvgIpc) is 2.83. The van der Waals surface area contributed by atoms with Crippen LogP contribution in [-0.4, -0.2) is 21.3 Å². The highest BCUT2D eigenvalue weighted by atomic mass is 16.3. The third-order valence-electron chi connectivity index (χ3n) is 4.67. The van der Waals surface area contributed by atoms with E-state index in [1.165, 1.54) is 0 Å². The Labute approximate surface area is 104 Å². The summed E-state index contributed by atoms with van der Waals surface area (Å²) in [4.78, 5) is 25.6. The molecule has 1 heterocycles. The quantitative estimate of drug-likeness (QED) is 0.741. The molecule has 0 aliphatic heterocycles. The second kappa shape index (κ2) is 3.23. The largest absolute Gasteiger partial charge is 0.395 e. The Morgan fingerprint density at radius 3 is 2.83 bits per heavy atom. The number of H-pyrrole nitrogens is 1. The molecule has 1 saturated carbocycles. The second-order valence-corrected chi connectivity index (χ2v) is 5.69. The molecule has 3 rings (SSSR count). The van der Waals surface area contributed by atoms with Gasteiger partial charge in [0, 0.05) is 22.6 Å². The van der Waals surface area contributed by atoms with Crippen molar-refractivity contribution in [2.75, 3.05) is 6.61 Å². The second-order valence-electron chi connectivity index (χ2n) is 5.69. The molecule has 0 bridgehead atoms. The highest BCUT2D eigenvalue weighted by molar-refractivity contribution is 5.34. The molecule has 1 aromatic rings. The summed E-state index contributed by atoms with van der Waals surface area (Å²) >= 11 is 0. The Bertz CT molecular complexity index is 657. The normalized spacial score (nSPS) is 36.7. The van der Waals surface area contributed by atoms with E-state index in [0.29, 0.717) is 5.56 Å². The van der Waals surface area contributed by atoms with Gasteiger partial charge in [0.2, 0.25) is 0 Å².